The number of benzene rings is 2. The first-order valence-corrected chi connectivity index (χ1v) is 8.53. The summed E-state index contributed by atoms with van der Waals surface area (Å²) in [4.78, 5) is 8.64. The van der Waals surface area contributed by atoms with Crippen LogP contribution in [0.2, 0.25) is 0 Å². The van der Waals surface area contributed by atoms with E-state index in [1.165, 1.54) is 0 Å². The Labute approximate surface area is 152 Å². The van der Waals surface area contributed by atoms with E-state index in [1.54, 1.807) is 12.4 Å². The molecule has 2 heterocycles. The van der Waals surface area contributed by atoms with Crippen LogP contribution in [0.5, 0.6) is 5.75 Å². The predicted octanol–water partition coefficient (Wildman–Crippen LogP) is 4.85. The molecule has 0 saturated heterocycles. The molecule has 2 aromatic carbocycles. The molecule has 0 fully saturated rings. The van der Waals surface area contributed by atoms with Crippen molar-refractivity contribution >= 4 is 16.6 Å². The molecule has 0 bridgehead atoms. The predicted molar refractivity (Wildman–Crippen MR) is 104 cm³/mol. The second kappa shape index (κ2) is 6.84. The average molecular weight is 341 g/mol. The van der Waals surface area contributed by atoms with E-state index in [9.17, 15) is 5.11 Å². The Morgan fingerprint density at radius 2 is 1.62 bits per heavy atom. The SMILES string of the molecule is Cc1ccc2ccc([C@H](Nc3ccccc3)c3ccncc3)c(O)c2n1. The van der Waals surface area contributed by atoms with E-state index in [-0.39, 0.29) is 11.8 Å². The first-order valence-electron chi connectivity index (χ1n) is 8.53. The Hall–Kier alpha value is -3.40. The number of phenolic OH excluding ortho intramolecular Hbond substituents is 1. The molecule has 4 aromatic rings. The lowest BCUT2D eigenvalue weighted by Crippen LogP contribution is -2.13. The van der Waals surface area contributed by atoms with Crippen molar-refractivity contribution in [3.8, 4) is 5.75 Å². The number of aromatic nitrogens is 2. The molecule has 0 unspecified atom stereocenters. The van der Waals surface area contributed by atoms with Crippen molar-refractivity contribution in [1.82, 2.24) is 9.97 Å². The second-order valence-electron chi connectivity index (χ2n) is 6.25. The van der Waals surface area contributed by atoms with E-state index in [4.69, 9.17) is 0 Å². The molecular weight excluding hydrogens is 322 g/mol. The minimum Gasteiger partial charge on any atom is -0.505 e. The molecular formula is C22H19N3O. The summed E-state index contributed by atoms with van der Waals surface area (Å²) in [6, 6.07) is 21.5. The maximum absolute atomic E-state index is 11.0. The number of nitrogens with zero attached hydrogens (tertiary/aromatic N) is 2. The second-order valence-corrected chi connectivity index (χ2v) is 6.25. The highest BCUT2D eigenvalue weighted by Gasteiger charge is 2.20. The van der Waals surface area contributed by atoms with Crippen molar-refractivity contribution in [2.45, 2.75) is 13.0 Å². The highest BCUT2D eigenvalue weighted by atomic mass is 16.3. The Bertz CT molecular complexity index is 1030. The molecule has 4 nitrogen and oxygen atoms in total. The summed E-state index contributed by atoms with van der Waals surface area (Å²) in [5.74, 6) is 0.205. The van der Waals surface area contributed by atoms with Gasteiger partial charge in [0.1, 0.15) is 11.3 Å². The molecule has 128 valence electrons. The smallest absolute Gasteiger partial charge is 0.147 e. The van der Waals surface area contributed by atoms with Gasteiger partial charge in [-0.1, -0.05) is 36.4 Å². The monoisotopic (exact) mass is 341 g/mol. The van der Waals surface area contributed by atoms with Gasteiger partial charge < -0.3 is 10.4 Å². The van der Waals surface area contributed by atoms with Gasteiger partial charge in [0.15, 0.2) is 0 Å². The topological polar surface area (TPSA) is 58.0 Å². The third-order valence-electron chi connectivity index (χ3n) is 4.44. The van der Waals surface area contributed by atoms with Gasteiger partial charge >= 0.3 is 0 Å². The molecule has 4 rings (SSSR count). The zero-order valence-electron chi connectivity index (χ0n) is 14.4. The summed E-state index contributed by atoms with van der Waals surface area (Å²) in [5.41, 5.74) is 4.28. The van der Waals surface area contributed by atoms with Gasteiger partial charge in [0, 0.05) is 34.7 Å². The molecule has 2 aromatic heterocycles. The summed E-state index contributed by atoms with van der Waals surface area (Å²) in [6.45, 7) is 1.92. The fourth-order valence-corrected chi connectivity index (χ4v) is 3.12. The number of fused-ring (bicyclic) bond motifs is 1. The summed E-state index contributed by atoms with van der Waals surface area (Å²) < 4.78 is 0. The molecule has 2 N–H and O–H groups in total. The molecule has 0 amide bonds. The Morgan fingerprint density at radius 3 is 2.38 bits per heavy atom. The minimum absolute atomic E-state index is 0.205. The number of hydrogen-bond donors (Lipinski definition) is 2. The largest absolute Gasteiger partial charge is 0.505 e. The minimum atomic E-state index is -0.216. The van der Waals surface area contributed by atoms with E-state index in [0.29, 0.717) is 5.52 Å². The van der Waals surface area contributed by atoms with E-state index >= 15 is 0 Å². The number of aromatic hydroxyl groups is 1. The normalized spacial score (nSPS) is 12.0. The van der Waals surface area contributed by atoms with Crippen LogP contribution >= 0.6 is 0 Å². The van der Waals surface area contributed by atoms with Gasteiger partial charge in [-0.25, -0.2) is 4.98 Å². The van der Waals surface area contributed by atoms with Crippen LogP contribution in [0, 0.1) is 6.92 Å². The Morgan fingerprint density at radius 1 is 0.885 bits per heavy atom. The lowest BCUT2D eigenvalue weighted by atomic mass is 9.96. The average Bonchev–Trinajstić information content (AvgIpc) is 2.69. The lowest BCUT2D eigenvalue weighted by Gasteiger charge is -2.22. The van der Waals surface area contributed by atoms with Crippen LogP contribution in [0.15, 0.2) is 79.1 Å². The number of phenols is 1. The van der Waals surface area contributed by atoms with Crippen LogP contribution in [0.25, 0.3) is 10.9 Å². The van der Waals surface area contributed by atoms with Crippen LogP contribution in [-0.4, -0.2) is 15.1 Å². The molecule has 0 radical (unpaired) electrons. The quantitative estimate of drug-likeness (QED) is 0.557. The zero-order chi connectivity index (χ0) is 17.9. The van der Waals surface area contributed by atoms with Crippen molar-refractivity contribution < 1.29 is 5.11 Å². The number of nitrogens with one attached hydrogen (secondary N) is 1. The van der Waals surface area contributed by atoms with Gasteiger partial charge in [0.05, 0.1) is 6.04 Å². The van der Waals surface area contributed by atoms with Crippen molar-refractivity contribution in [3.05, 3.63) is 95.9 Å². The van der Waals surface area contributed by atoms with Crippen LogP contribution in [-0.2, 0) is 0 Å². The number of hydrogen-bond acceptors (Lipinski definition) is 4. The number of rotatable bonds is 4. The van der Waals surface area contributed by atoms with Gasteiger partial charge in [-0.05, 0) is 42.8 Å². The van der Waals surface area contributed by atoms with Crippen molar-refractivity contribution in [2.75, 3.05) is 5.32 Å². The fraction of sp³-hybridized carbons (Fsp3) is 0.0909. The van der Waals surface area contributed by atoms with E-state index in [0.717, 1.165) is 27.9 Å². The van der Waals surface area contributed by atoms with Gasteiger partial charge in [-0.2, -0.15) is 0 Å². The van der Waals surface area contributed by atoms with Gasteiger partial charge in [0.2, 0.25) is 0 Å². The van der Waals surface area contributed by atoms with Crippen molar-refractivity contribution in [2.24, 2.45) is 0 Å². The summed E-state index contributed by atoms with van der Waals surface area (Å²) >= 11 is 0. The van der Waals surface area contributed by atoms with Crippen LogP contribution in [0.3, 0.4) is 0 Å². The highest BCUT2D eigenvalue weighted by Crippen LogP contribution is 2.36. The maximum Gasteiger partial charge on any atom is 0.147 e. The van der Waals surface area contributed by atoms with Gasteiger partial charge in [-0.15, -0.1) is 0 Å². The summed E-state index contributed by atoms with van der Waals surface area (Å²) in [5, 5.41) is 15.4. The molecule has 0 aliphatic heterocycles. The van der Waals surface area contributed by atoms with Gasteiger partial charge in [0.25, 0.3) is 0 Å². The molecule has 0 aliphatic rings. The Kier molecular flexibility index (Phi) is 4.23. The number of pyridine rings is 2. The first-order chi connectivity index (χ1) is 12.7. The standard InChI is InChI=1S/C22H19N3O/c1-15-7-8-16-9-10-19(22(26)21(16)24-15)20(17-11-13-23-14-12-17)25-18-5-3-2-4-6-18/h2-14,20,25-26H,1H3/t20-/m1/s1. The third-order valence-corrected chi connectivity index (χ3v) is 4.44. The maximum atomic E-state index is 11.0. The molecule has 0 spiro atoms. The first kappa shape index (κ1) is 16.1. The Balaban J connectivity index is 1.86. The van der Waals surface area contributed by atoms with E-state index in [2.05, 4.69) is 15.3 Å². The highest BCUT2D eigenvalue weighted by molar-refractivity contribution is 5.86. The third kappa shape index (κ3) is 3.09. The summed E-state index contributed by atoms with van der Waals surface area (Å²) in [6.07, 6.45) is 3.52. The molecule has 4 heteroatoms. The van der Waals surface area contributed by atoms with Crippen LogP contribution in [0.4, 0.5) is 5.69 Å². The van der Waals surface area contributed by atoms with Crippen LogP contribution < -0.4 is 5.32 Å². The molecule has 0 aliphatic carbocycles. The van der Waals surface area contributed by atoms with Crippen molar-refractivity contribution in [1.29, 1.82) is 0 Å². The fourth-order valence-electron chi connectivity index (χ4n) is 3.12. The van der Waals surface area contributed by atoms with E-state index < -0.39 is 0 Å². The number of aryl methyl sites for hydroxylation is 1. The molecule has 1 atom stereocenters. The van der Waals surface area contributed by atoms with Gasteiger partial charge in [-0.3, -0.25) is 4.98 Å². The molecule has 0 saturated carbocycles. The zero-order valence-corrected chi connectivity index (χ0v) is 14.4. The number of para-hydroxylation sites is 1. The molecule has 26 heavy (non-hydrogen) atoms. The van der Waals surface area contributed by atoms with E-state index in [1.807, 2.05) is 73.7 Å². The number of anilines is 1. The van der Waals surface area contributed by atoms with Crippen LogP contribution in [0.1, 0.15) is 22.9 Å². The van der Waals surface area contributed by atoms with Crippen molar-refractivity contribution in [3.63, 3.8) is 0 Å². The summed E-state index contributed by atoms with van der Waals surface area (Å²) in [7, 11) is 0. The lowest BCUT2D eigenvalue weighted by molar-refractivity contribution is 0.471.